The Morgan fingerprint density at radius 1 is 1.00 bits per heavy atom. The third-order valence-corrected chi connectivity index (χ3v) is 6.91. The number of hydrogen-bond acceptors (Lipinski definition) is 5. The summed E-state index contributed by atoms with van der Waals surface area (Å²) in [6.07, 6.45) is 0.546. The van der Waals surface area contributed by atoms with E-state index in [1.807, 2.05) is 42.5 Å². The van der Waals surface area contributed by atoms with Crippen molar-refractivity contribution < 1.29 is 18.7 Å². The van der Waals surface area contributed by atoms with Crippen molar-refractivity contribution in [3.8, 4) is 11.5 Å². The van der Waals surface area contributed by atoms with Crippen LogP contribution in [0.5, 0.6) is 11.5 Å². The third kappa shape index (κ3) is 4.19. The molecule has 1 aliphatic rings. The minimum atomic E-state index is -0.588. The maximum atomic E-state index is 13.6. The van der Waals surface area contributed by atoms with Crippen LogP contribution in [0.4, 0.5) is 0 Å². The lowest BCUT2D eigenvalue weighted by Crippen LogP contribution is -2.31. The molecule has 1 aromatic heterocycles. The fraction of sp³-hybridized carbons (Fsp3) is 0.185. The van der Waals surface area contributed by atoms with Gasteiger partial charge in [0.2, 0.25) is 5.76 Å². The molecule has 6 nitrogen and oxygen atoms in total. The first kappa shape index (κ1) is 23.5. The SMILES string of the molecule is COc1ccc(CCN2C(=O)c3oc4ccc(Cl)cc4c(=O)c3[C@H]2c2cccc(Br)c2)cc1OC. The standard InChI is InChI=1S/C27H21BrClNO5/c1-33-21-8-6-15(12-22(21)34-2)10-11-30-24(16-4-3-5-17(28)13-16)23-25(31)19-14-18(29)7-9-20(19)35-26(23)27(30)32/h3-9,12-14,24H,10-11H2,1-2H3/t24-/m1/s1. The van der Waals surface area contributed by atoms with Crippen LogP contribution in [0, 0.1) is 0 Å². The highest BCUT2D eigenvalue weighted by Crippen LogP contribution is 2.39. The summed E-state index contributed by atoms with van der Waals surface area (Å²) in [5.41, 5.74) is 2.19. The van der Waals surface area contributed by atoms with Gasteiger partial charge in [-0.05, 0) is 60.0 Å². The number of methoxy groups -OCH3 is 2. The predicted octanol–water partition coefficient (Wildman–Crippen LogP) is 6.01. The lowest BCUT2D eigenvalue weighted by Gasteiger charge is -2.25. The Kier molecular flexibility index (Phi) is 6.30. The van der Waals surface area contributed by atoms with Gasteiger partial charge < -0.3 is 18.8 Å². The number of carbonyl (C=O) groups excluding carboxylic acids is 1. The van der Waals surface area contributed by atoms with E-state index in [-0.39, 0.29) is 17.1 Å². The third-order valence-electron chi connectivity index (χ3n) is 6.18. The van der Waals surface area contributed by atoms with Crippen molar-refractivity contribution in [1.82, 2.24) is 4.90 Å². The van der Waals surface area contributed by atoms with Crippen molar-refractivity contribution in [2.75, 3.05) is 20.8 Å². The van der Waals surface area contributed by atoms with Crippen molar-refractivity contribution in [1.29, 1.82) is 0 Å². The number of nitrogens with zero attached hydrogens (tertiary/aromatic N) is 1. The molecule has 5 rings (SSSR count). The Morgan fingerprint density at radius 3 is 2.54 bits per heavy atom. The van der Waals surface area contributed by atoms with E-state index in [1.54, 1.807) is 37.3 Å². The van der Waals surface area contributed by atoms with Crippen molar-refractivity contribution in [3.05, 3.63) is 103 Å². The predicted molar refractivity (Wildman–Crippen MR) is 138 cm³/mol. The molecule has 0 bridgehead atoms. The maximum Gasteiger partial charge on any atom is 0.290 e. The maximum absolute atomic E-state index is 13.6. The first-order chi connectivity index (χ1) is 16.9. The van der Waals surface area contributed by atoms with E-state index in [9.17, 15) is 9.59 Å². The van der Waals surface area contributed by atoms with Gasteiger partial charge in [0.15, 0.2) is 16.9 Å². The Bertz CT molecular complexity index is 1520. The topological polar surface area (TPSA) is 69.0 Å². The van der Waals surface area contributed by atoms with Gasteiger partial charge in [-0.3, -0.25) is 9.59 Å². The molecule has 0 fully saturated rings. The molecular formula is C27H21BrClNO5. The largest absolute Gasteiger partial charge is 0.493 e. The van der Waals surface area contributed by atoms with Crippen LogP contribution in [0.15, 0.2) is 74.3 Å². The summed E-state index contributed by atoms with van der Waals surface area (Å²) in [6, 6.07) is 17.5. The highest BCUT2D eigenvalue weighted by atomic mass is 79.9. The minimum absolute atomic E-state index is 0.0714. The van der Waals surface area contributed by atoms with Gasteiger partial charge in [0.25, 0.3) is 5.91 Å². The van der Waals surface area contributed by atoms with Gasteiger partial charge >= 0.3 is 0 Å². The fourth-order valence-electron chi connectivity index (χ4n) is 4.53. The smallest absolute Gasteiger partial charge is 0.290 e. The van der Waals surface area contributed by atoms with Gasteiger partial charge in [-0.2, -0.15) is 0 Å². The molecular weight excluding hydrogens is 534 g/mol. The Balaban J connectivity index is 1.59. The molecule has 0 saturated heterocycles. The van der Waals surface area contributed by atoms with Gasteiger partial charge in [0.05, 0.1) is 31.2 Å². The van der Waals surface area contributed by atoms with Crippen molar-refractivity contribution in [2.45, 2.75) is 12.5 Å². The van der Waals surface area contributed by atoms with Gasteiger partial charge in [-0.25, -0.2) is 0 Å². The highest BCUT2D eigenvalue weighted by molar-refractivity contribution is 9.10. The average Bonchev–Trinajstić information content (AvgIpc) is 3.14. The van der Waals surface area contributed by atoms with Crippen LogP contribution in [0.3, 0.4) is 0 Å². The van der Waals surface area contributed by atoms with Gasteiger partial charge in [-0.1, -0.05) is 45.7 Å². The average molecular weight is 555 g/mol. The number of rotatable bonds is 6. The van der Waals surface area contributed by atoms with Crippen LogP contribution in [0.25, 0.3) is 11.0 Å². The summed E-state index contributed by atoms with van der Waals surface area (Å²) in [5.74, 6) is 0.999. The molecule has 1 atom stereocenters. The Labute approximate surface area is 215 Å². The zero-order valence-corrected chi connectivity index (χ0v) is 21.4. The summed E-state index contributed by atoms with van der Waals surface area (Å²) in [6.45, 7) is 0.367. The second kappa shape index (κ2) is 9.40. The van der Waals surface area contributed by atoms with Gasteiger partial charge in [0, 0.05) is 16.0 Å². The summed E-state index contributed by atoms with van der Waals surface area (Å²) in [4.78, 5) is 28.9. The molecule has 3 aromatic carbocycles. The molecule has 1 amide bonds. The number of benzene rings is 3. The molecule has 35 heavy (non-hydrogen) atoms. The second-order valence-corrected chi connectivity index (χ2v) is 9.56. The van der Waals surface area contributed by atoms with Crippen LogP contribution in [-0.4, -0.2) is 31.6 Å². The van der Waals surface area contributed by atoms with Crippen molar-refractivity contribution in [3.63, 3.8) is 0 Å². The number of carbonyl (C=O) groups is 1. The van der Waals surface area contributed by atoms with E-state index >= 15 is 0 Å². The van der Waals surface area contributed by atoms with Crippen LogP contribution < -0.4 is 14.9 Å². The van der Waals surface area contributed by atoms with Crippen LogP contribution in [0.2, 0.25) is 5.02 Å². The second-order valence-electron chi connectivity index (χ2n) is 8.21. The highest BCUT2D eigenvalue weighted by Gasteiger charge is 2.42. The van der Waals surface area contributed by atoms with E-state index in [4.69, 9.17) is 25.5 Å². The van der Waals surface area contributed by atoms with Crippen LogP contribution >= 0.6 is 27.5 Å². The first-order valence-electron chi connectivity index (χ1n) is 10.9. The van der Waals surface area contributed by atoms with E-state index in [1.165, 1.54) is 0 Å². The number of ether oxygens (including phenoxy) is 2. The van der Waals surface area contributed by atoms with E-state index < -0.39 is 6.04 Å². The molecule has 0 radical (unpaired) electrons. The normalized spacial score (nSPS) is 14.9. The molecule has 0 aliphatic carbocycles. The minimum Gasteiger partial charge on any atom is -0.493 e. The number of halogens is 2. The molecule has 178 valence electrons. The number of hydrogen-bond donors (Lipinski definition) is 0. The number of amides is 1. The lowest BCUT2D eigenvalue weighted by atomic mass is 9.98. The molecule has 0 saturated carbocycles. The quantitative estimate of drug-likeness (QED) is 0.292. The monoisotopic (exact) mass is 553 g/mol. The zero-order chi connectivity index (χ0) is 24.7. The van der Waals surface area contributed by atoms with Crippen molar-refractivity contribution >= 4 is 44.4 Å². The molecule has 1 aliphatic heterocycles. The fourth-order valence-corrected chi connectivity index (χ4v) is 5.12. The Hall–Kier alpha value is -3.29. The first-order valence-corrected chi connectivity index (χ1v) is 12.1. The van der Waals surface area contributed by atoms with Gasteiger partial charge in [0.1, 0.15) is 5.58 Å². The molecule has 0 unspecified atom stereocenters. The van der Waals surface area contributed by atoms with Gasteiger partial charge in [-0.15, -0.1) is 0 Å². The molecule has 8 heteroatoms. The molecule has 0 N–H and O–H groups in total. The lowest BCUT2D eigenvalue weighted by molar-refractivity contribution is 0.0730. The summed E-state index contributed by atoms with van der Waals surface area (Å²) < 4.78 is 17.6. The summed E-state index contributed by atoms with van der Waals surface area (Å²) in [7, 11) is 3.17. The summed E-state index contributed by atoms with van der Waals surface area (Å²) in [5, 5.41) is 0.782. The van der Waals surface area contributed by atoms with Crippen LogP contribution in [0.1, 0.15) is 33.3 Å². The number of fused-ring (bicyclic) bond motifs is 2. The molecule has 4 aromatic rings. The molecule has 2 heterocycles. The Morgan fingerprint density at radius 2 is 1.80 bits per heavy atom. The zero-order valence-electron chi connectivity index (χ0n) is 19.0. The van der Waals surface area contributed by atoms with E-state index in [2.05, 4.69) is 15.9 Å². The van der Waals surface area contributed by atoms with E-state index in [0.29, 0.717) is 46.0 Å². The van der Waals surface area contributed by atoms with Crippen molar-refractivity contribution in [2.24, 2.45) is 0 Å². The van der Waals surface area contributed by atoms with Crippen LogP contribution in [-0.2, 0) is 6.42 Å². The van der Waals surface area contributed by atoms with E-state index in [0.717, 1.165) is 15.6 Å². The summed E-state index contributed by atoms with van der Waals surface area (Å²) >= 11 is 9.66. The molecule has 0 spiro atoms.